The molecular formula is C27H38N2O4. The van der Waals surface area contributed by atoms with Crippen LogP contribution in [0.1, 0.15) is 71.4 Å². The molecule has 2 aromatic rings. The van der Waals surface area contributed by atoms with Gasteiger partial charge in [0.1, 0.15) is 11.5 Å². The average molecular weight is 455 g/mol. The molecule has 0 unspecified atom stereocenters. The monoisotopic (exact) mass is 454 g/mol. The van der Waals surface area contributed by atoms with E-state index in [4.69, 9.17) is 9.47 Å². The highest BCUT2D eigenvalue weighted by atomic mass is 16.5. The SMILES string of the molecule is CC(C)c1ccc(O[C@@H](C)C(=O)NC[C@@H](C)NC(=O)[C@@H](C)Oc2ccc(C(C)C)cc2)cc1. The molecule has 2 amide bonds. The van der Waals surface area contributed by atoms with Crippen molar-refractivity contribution in [2.75, 3.05) is 6.54 Å². The van der Waals surface area contributed by atoms with Gasteiger partial charge in [-0.3, -0.25) is 9.59 Å². The van der Waals surface area contributed by atoms with Crippen LogP contribution in [0.3, 0.4) is 0 Å². The number of ether oxygens (including phenoxy) is 2. The van der Waals surface area contributed by atoms with Crippen LogP contribution in [0.25, 0.3) is 0 Å². The van der Waals surface area contributed by atoms with Gasteiger partial charge in [0.05, 0.1) is 0 Å². The topological polar surface area (TPSA) is 76.7 Å². The van der Waals surface area contributed by atoms with Crippen molar-refractivity contribution in [3.63, 3.8) is 0 Å². The summed E-state index contributed by atoms with van der Waals surface area (Å²) in [6, 6.07) is 15.3. The molecule has 6 nitrogen and oxygen atoms in total. The van der Waals surface area contributed by atoms with Crippen molar-refractivity contribution in [3.8, 4) is 11.5 Å². The molecule has 0 aliphatic carbocycles. The Morgan fingerprint density at radius 3 is 1.45 bits per heavy atom. The number of amides is 2. The van der Waals surface area contributed by atoms with Crippen molar-refractivity contribution >= 4 is 11.8 Å². The number of carbonyl (C=O) groups is 2. The lowest BCUT2D eigenvalue weighted by atomic mass is 10.0. The van der Waals surface area contributed by atoms with E-state index in [1.54, 1.807) is 13.8 Å². The fraction of sp³-hybridized carbons (Fsp3) is 0.481. The molecule has 6 heteroatoms. The molecule has 2 aromatic carbocycles. The van der Waals surface area contributed by atoms with E-state index < -0.39 is 12.2 Å². The lowest BCUT2D eigenvalue weighted by Gasteiger charge is -2.20. The largest absolute Gasteiger partial charge is 0.481 e. The van der Waals surface area contributed by atoms with Gasteiger partial charge in [-0.15, -0.1) is 0 Å². The van der Waals surface area contributed by atoms with Crippen molar-refractivity contribution in [2.45, 2.75) is 78.6 Å². The molecule has 2 rings (SSSR count). The minimum Gasteiger partial charge on any atom is -0.481 e. The molecule has 0 aliphatic rings. The van der Waals surface area contributed by atoms with E-state index in [2.05, 4.69) is 38.3 Å². The van der Waals surface area contributed by atoms with Gasteiger partial charge < -0.3 is 20.1 Å². The third-order valence-electron chi connectivity index (χ3n) is 5.43. The first-order chi connectivity index (χ1) is 15.6. The maximum Gasteiger partial charge on any atom is 0.261 e. The number of benzene rings is 2. The Hall–Kier alpha value is -3.02. The fourth-order valence-electron chi connectivity index (χ4n) is 3.19. The fourth-order valence-corrected chi connectivity index (χ4v) is 3.19. The quantitative estimate of drug-likeness (QED) is 0.512. The third-order valence-corrected chi connectivity index (χ3v) is 5.43. The minimum absolute atomic E-state index is 0.237. The van der Waals surface area contributed by atoms with Crippen LogP contribution in [0.5, 0.6) is 11.5 Å². The van der Waals surface area contributed by atoms with Crippen LogP contribution in [0.4, 0.5) is 0 Å². The number of carbonyl (C=O) groups excluding carboxylic acids is 2. The molecule has 0 saturated carbocycles. The second-order valence-electron chi connectivity index (χ2n) is 9.12. The normalized spacial score (nSPS) is 13.8. The minimum atomic E-state index is -0.649. The predicted molar refractivity (Wildman–Crippen MR) is 132 cm³/mol. The van der Waals surface area contributed by atoms with E-state index in [9.17, 15) is 9.59 Å². The van der Waals surface area contributed by atoms with Gasteiger partial charge in [-0.25, -0.2) is 0 Å². The summed E-state index contributed by atoms with van der Waals surface area (Å²) in [5, 5.41) is 5.69. The van der Waals surface area contributed by atoms with Gasteiger partial charge in [0.15, 0.2) is 12.2 Å². The van der Waals surface area contributed by atoms with Crippen LogP contribution in [0.2, 0.25) is 0 Å². The van der Waals surface area contributed by atoms with E-state index in [1.807, 2.05) is 55.5 Å². The van der Waals surface area contributed by atoms with Crippen LogP contribution in [-0.4, -0.2) is 36.6 Å². The summed E-state index contributed by atoms with van der Waals surface area (Å²) >= 11 is 0. The zero-order valence-corrected chi connectivity index (χ0v) is 20.8. The molecule has 33 heavy (non-hydrogen) atoms. The Bertz CT molecular complexity index is 891. The third kappa shape index (κ3) is 8.44. The average Bonchev–Trinajstić information content (AvgIpc) is 2.78. The molecule has 3 atom stereocenters. The van der Waals surface area contributed by atoms with E-state index in [0.717, 1.165) is 0 Å². The van der Waals surface area contributed by atoms with Gasteiger partial charge in [0, 0.05) is 12.6 Å². The van der Waals surface area contributed by atoms with E-state index in [-0.39, 0.29) is 17.9 Å². The summed E-state index contributed by atoms with van der Waals surface area (Å²) in [4.78, 5) is 24.8. The highest BCUT2D eigenvalue weighted by Gasteiger charge is 2.19. The Morgan fingerprint density at radius 1 is 0.667 bits per heavy atom. The van der Waals surface area contributed by atoms with E-state index >= 15 is 0 Å². The highest BCUT2D eigenvalue weighted by molar-refractivity contribution is 5.82. The molecule has 180 valence electrons. The van der Waals surface area contributed by atoms with E-state index in [1.165, 1.54) is 11.1 Å². The van der Waals surface area contributed by atoms with Gasteiger partial charge in [0.25, 0.3) is 11.8 Å². The molecule has 0 aromatic heterocycles. The second kappa shape index (κ2) is 12.3. The van der Waals surface area contributed by atoms with Crippen LogP contribution < -0.4 is 20.1 Å². The Kier molecular flexibility index (Phi) is 9.76. The van der Waals surface area contributed by atoms with Crippen LogP contribution >= 0.6 is 0 Å². The summed E-state index contributed by atoms with van der Waals surface area (Å²) in [5.74, 6) is 1.70. The maximum atomic E-state index is 12.5. The molecular weight excluding hydrogens is 416 g/mol. The first-order valence-corrected chi connectivity index (χ1v) is 11.7. The lowest BCUT2D eigenvalue weighted by Crippen LogP contribution is -2.48. The lowest BCUT2D eigenvalue weighted by molar-refractivity contribution is -0.129. The molecule has 0 bridgehead atoms. The summed E-state index contributed by atoms with van der Waals surface area (Å²) < 4.78 is 11.5. The predicted octanol–water partition coefficient (Wildman–Crippen LogP) is 4.79. The van der Waals surface area contributed by atoms with Crippen LogP contribution in [0, 0.1) is 0 Å². The van der Waals surface area contributed by atoms with Gasteiger partial charge in [0.2, 0.25) is 0 Å². The standard InChI is InChI=1S/C27H38N2O4/c1-17(2)22-8-12-24(13-9-22)32-20(6)26(30)28-16-19(5)29-27(31)21(7)33-25-14-10-23(11-15-25)18(3)4/h8-15,17-21H,16H2,1-7H3,(H,28,30)(H,29,31)/t19-,20+,21-/m1/s1. The van der Waals surface area contributed by atoms with Crippen molar-refractivity contribution in [1.82, 2.24) is 10.6 Å². The summed E-state index contributed by atoms with van der Waals surface area (Å²) in [6.45, 7) is 14.0. The maximum absolute atomic E-state index is 12.5. The van der Waals surface area contributed by atoms with Crippen molar-refractivity contribution in [1.29, 1.82) is 0 Å². The van der Waals surface area contributed by atoms with Crippen molar-refractivity contribution < 1.29 is 19.1 Å². The Morgan fingerprint density at radius 2 is 1.06 bits per heavy atom. The molecule has 0 spiro atoms. The van der Waals surface area contributed by atoms with Crippen LogP contribution in [-0.2, 0) is 9.59 Å². The molecule has 0 aliphatic heterocycles. The number of nitrogens with one attached hydrogen (secondary N) is 2. The Labute approximate surface area is 198 Å². The first-order valence-electron chi connectivity index (χ1n) is 11.7. The summed E-state index contributed by atoms with van der Waals surface area (Å²) in [7, 11) is 0. The first kappa shape index (κ1) is 26.2. The summed E-state index contributed by atoms with van der Waals surface area (Å²) in [5.41, 5.74) is 2.43. The zero-order chi connectivity index (χ0) is 24.5. The number of rotatable bonds is 11. The van der Waals surface area contributed by atoms with Crippen molar-refractivity contribution in [2.24, 2.45) is 0 Å². The Balaban J connectivity index is 1.75. The molecule has 0 fully saturated rings. The van der Waals surface area contributed by atoms with Gasteiger partial charge in [-0.2, -0.15) is 0 Å². The molecule has 0 saturated heterocycles. The number of hydrogen-bond donors (Lipinski definition) is 2. The summed E-state index contributed by atoms with van der Waals surface area (Å²) in [6.07, 6.45) is -1.29. The van der Waals surface area contributed by atoms with E-state index in [0.29, 0.717) is 29.9 Å². The van der Waals surface area contributed by atoms with Gasteiger partial charge in [-0.1, -0.05) is 52.0 Å². The molecule has 0 radical (unpaired) electrons. The molecule has 2 N–H and O–H groups in total. The van der Waals surface area contributed by atoms with Gasteiger partial charge >= 0.3 is 0 Å². The van der Waals surface area contributed by atoms with Crippen molar-refractivity contribution in [3.05, 3.63) is 59.7 Å². The number of hydrogen-bond acceptors (Lipinski definition) is 4. The van der Waals surface area contributed by atoms with Crippen LogP contribution in [0.15, 0.2) is 48.5 Å². The van der Waals surface area contributed by atoms with Gasteiger partial charge in [-0.05, 0) is 68.0 Å². The second-order valence-corrected chi connectivity index (χ2v) is 9.12. The molecule has 0 heterocycles. The highest BCUT2D eigenvalue weighted by Crippen LogP contribution is 2.20. The smallest absolute Gasteiger partial charge is 0.261 e. The zero-order valence-electron chi connectivity index (χ0n) is 20.8.